The van der Waals surface area contributed by atoms with E-state index in [2.05, 4.69) is 12.4 Å². The van der Waals surface area contributed by atoms with E-state index in [4.69, 9.17) is 25.9 Å². The fourth-order valence-corrected chi connectivity index (χ4v) is 5.32. The zero-order valence-electron chi connectivity index (χ0n) is 28.8. The van der Waals surface area contributed by atoms with Crippen LogP contribution in [0.4, 0.5) is 5.69 Å². The number of hydrogen-bond donors (Lipinski definition) is 1. The van der Waals surface area contributed by atoms with Crippen LogP contribution >= 0.6 is 11.6 Å². The topological polar surface area (TPSA) is 111 Å². The van der Waals surface area contributed by atoms with E-state index in [-0.39, 0.29) is 5.02 Å². The van der Waals surface area contributed by atoms with Crippen LogP contribution in [0.5, 0.6) is 0 Å². The average molecular weight is 663 g/mol. The molecular weight excluding hydrogens is 608 g/mol. The SMILES string of the molecule is CCCCCCCCCCCCCCCCOC(=O)c1ccc(Cl)c(NOC=CN(C(=O)C(C)(C)C)C2C(=O)OC(C)(C)C2=O)c1. The van der Waals surface area contributed by atoms with Gasteiger partial charge in [0.05, 0.1) is 22.9 Å². The quantitative estimate of drug-likeness (QED) is 0.0457. The van der Waals surface area contributed by atoms with Gasteiger partial charge in [0.1, 0.15) is 6.26 Å². The van der Waals surface area contributed by atoms with Crippen LogP contribution in [0.2, 0.25) is 5.02 Å². The number of unbranched alkanes of at least 4 members (excludes halogenated alkanes) is 13. The molecule has 0 bridgehead atoms. The smallest absolute Gasteiger partial charge is 0.338 e. The molecule has 1 N–H and O–H groups in total. The molecule has 258 valence electrons. The summed E-state index contributed by atoms with van der Waals surface area (Å²) >= 11 is 6.28. The largest absolute Gasteiger partial charge is 0.462 e. The van der Waals surface area contributed by atoms with Crippen LogP contribution in [-0.4, -0.2) is 46.8 Å². The number of nitrogens with zero attached hydrogens (tertiary/aromatic N) is 1. The van der Waals surface area contributed by atoms with Gasteiger partial charge < -0.3 is 14.3 Å². The van der Waals surface area contributed by atoms with Crippen LogP contribution in [0, 0.1) is 5.41 Å². The molecule has 1 amide bonds. The van der Waals surface area contributed by atoms with Crippen LogP contribution < -0.4 is 5.48 Å². The van der Waals surface area contributed by atoms with Gasteiger partial charge >= 0.3 is 11.9 Å². The molecule has 10 heteroatoms. The summed E-state index contributed by atoms with van der Waals surface area (Å²) in [4.78, 5) is 57.5. The lowest BCUT2D eigenvalue weighted by Crippen LogP contribution is -2.49. The molecule has 1 heterocycles. The zero-order valence-corrected chi connectivity index (χ0v) is 29.5. The maximum atomic E-state index is 13.1. The van der Waals surface area contributed by atoms with E-state index in [0.717, 1.165) is 30.4 Å². The van der Waals surface area contributed by atoms with Crippen LogP contribution in [-0.2, 0) is 28.7 Å². The number of benzene rings is 1. The van der Waals surface area contributed by atoms with Crippen molar-refractivity contribution in [2.45, 2.75) is 143 Å². The summed E-state index contributed by atoms with van der Waals surface area (Å²) in [5, 5.41) is 0.288. The monoisotopic (exact) mass is 662 g/mol. The first-order valence-electron chi connectivity index (χ1n) is 16.9. The Kier molecular flexibility index (Phi) is 16.6. The van der Waals surface area contributed by atoms with E-state index in [0.29, 0.717) is 17.9 Å². The minimum Gasteiger partial charge on any atom is -0.462 e. The minimum absolute atomic E-state index is 0.288. The third kappa shape index (κ3) is 13.0. The lowest BCUT2D eigenvalue weighted by Gasteiger charge is -2.28. The molecule has 1 aromatic rings. The second-order valence-electron chi connectivity index (χ2n) is 13.6. The molecule has 0 saturated carbocycles. The van der Waals surface area contributed by atoms with E-state index in [1.165, 1.54) is 96.7 Å². The summed E-state index contributed by atoms with van der Waals surface area (Å²) in [7, 11) is 0. The fourth-order valence-electron chi connectivity index (χ4n) is 5.16. The van der Waals surface area contributed by atoms with Gasteiger partial charge in [0, 0.05) is 11.6 Å². The Labute approximate surface area is 280 Å². The van der Waals surface area contributed by atoms with E-state index in [1.807, 2.05) is 0 Å². The van der Waals surface area contributed by atoms with Gasteiger partial charge in [0.25, 0.3) is 0 Å². The molecule has 0 radical (unpaired) electrons. The second-order valence-corrected chi connectivity index (χ2v) is 14.0. The number of esters is 2. The molecular formula is C36H55ClN2O7. The van der Waals surface area contributed by atoms with Crippen molar-refractivity contribution in [2.75, 3.05) is 12.1 Å². The summed E-state index contributed by atoms with van der Waals surface area (Å²) in [6.07, 6.45) is 19.9. The summed E-state index contributed by atoms with van der Waals surface area (Å²) in [6.45, 7) is 10.6. The van der Waals surface area contributed by atoms with Crippen LogP contribution in [0.1, 0.15) is 142 Å². The van der Waals surface area contributed by atoms with E-state index >= 15 is 0 Å². The van der Waals surface area contributed by atoms with Crippen molar-refractivity contribution >= 4 is 40.9 Å². The molecule has 1 saturated heterocycles. The van der Waals surface area contributed by atoms with Gasteiger partial charge in [-0.25, -0.2) is 15.1 Å². The highest BCUT2D eigenvalue weighted by atomic mass is 35.5. The van der Waals surface area contributed by atoms with Crippen molar-refractivity contribution < 1.29 is 33.5 Å². The van der Waals surface area contributed by atoms with Gasteiger partial charge in [-0.05, 0) is 38.5 Å². The van der Waals surface area contributed by atoms with E-state index in [9.17, 15) is 19.2 Å². The number of amides is 1. The number of halogens is 1. The Morgan fingerprint density at radius 1 is 0.935 bits per heavy atom. The predicted molar refractivity (Wildman–Crippen MR) is 181 cm³/mol. The molecule has 1 aliphatic rings. The van der Waals surface area contributed by atoms with Crippen molar-refractivity contribution in [2.24, 2.45) is 5.41 Å². The second kappa shape index (κ2) is 19.6. The maximum absolute atomic E-state index is 13.1. The summed E-state index contributed by atoms with van der Waals surface area (Å²) in [6, 6.07) is 3.19. The molecule has 1 aromatic carbocycles. The summed E-state index contributed by atoms with van der Waals surface area (Å²) in [5.74, 6) is -2.28. The molecule has 1 unspecified atom stereocenters. The highest BCUT2D eigenvalue weighted by Gasteiger charge is 2.53. The Bertz CT molecular complexity index is 1180. The number of carbonyl (C=O) groups is 4. The zero-order chi connectivity index (χ0) is 34.2. The van der Waals surface area contributed by atoms with E-state index in [1.54, 1.807) is 32.9 Å². The molecule has 1 aliphatic heterocycles. The number of Topliss-reactive ketones (excluding diaryl/α,β-unsaturated/α-hetero) is 1. The highest BCUT2D eigenvalue weighted by Crippen LogP contribution is 2.30. The minimum atomic E-state index is -1.43. The van der Waals surface area contributed by atoms with Gasteiger partial charge in [0.15, 0.2) is 11.6 Å². The lowest BCUT2D eigenvalue weighted by molar-refractivity contribution is -0.153. The molecule has 1 fully saturated rings. The van der Waals surface area contributed by atoms with E-state index < -0.39 is 40.7 Å². The van der Waals surface area contributed by atoms with Crippen molar-refractivity contribution in [3.8, 4) is 0 Å². The first-order valence-corrected chi connectivity index (χ1v) is 17.3. The lowest BCUT2D eigenvalue weighted by atomic mass is 9.92. The number of cyclic esters (lactones) is 1. The predicted octanol–water partition coefficient (Wildman–Crippen LogP) is 8.94. The van der Waals surface area contributed by atoms with Crippen molar-refractivity contribution in [3.63, 3.8) is 0 Å². The van der Waals surface area contributed by atoms with Gasteiger partial charge in [0.2, 0.25) is 11.7 Å². The first kappa shape index (κ1) is 39.1. The number of nitrogens with one attached hydrogen (secondary N) is 1. The number of hydrogen-bond acceptors (Lipinski definition) is 8. The third-order valence-corrected chi connectivity index (χ3v) is 8.30. The maximum Gasteiger partial charge on any atom is 0.338 e. The van der Waals surface area contributed by atoms with Crippen molar-refractivity contribution in [1.29, 1.82) is 0 Å². The molecule has 46 heavy (non-hydrogen) atoms. The molecule has 0 aromatic heterocycles. The molecule has 0 aliphatic carbocycles. The van der Waals surface area contributed by atoms with Crippen LogP contribution in [0.15, 0.2) is 30.7 Å². The normalized spacial score (nSPS) is 16.0. The number of ether oxygens (including phenoxy) is 2. The number of anilines is 1. The van der Waals surface area contributed by atoms with Gasteiger partial charge in [-0.2, -0.15) is 0 Å². The number of rotatable bonds is 21. The Morgan fingerprint density at radius 2 is 1.48 bits per heavy atom. The number of carbonyl (C=O) groups excluding carboxylic acids is 4. The fraction of sp³-hybridized carbons (Fsp3) is 0.667. The summed E-state index contributed by atoms with van der Waals surface area (Å²) in [5.41, 5.74) is 0.983. The van der Waals surface area contributed by atoms with Crippen LogP contribution in [0.25, 0.3) is 0 Å². The summed E-state index contributed by atoms with van der Waals surface area (Å²) < 4.78 is 10.6. The van der Waals surface area contributed by atoms with Crippen molar-refractivity contribution in [3.05, 3.63) is 41.2 Å². The first-order chi connectivity index (χ1) is 21.8. The highest BCUT2D eigenvalue weighted by molar-refractivity contribution is 6.33. The van der Waals surface area contributed by atoms with Gasteiger partial charge in [-0.1, -0.05) is 123 Å². The average Bonchev–Trinajstić information content (AvgIpc) is 3.20. The van der Waals surface area contributed by atoms with Crippen LogP contribution in [0.3, 0.4) is 0 Å². The molecule has 0 spiro atoms. The Hall–Kier alpha value is -3.07. The Balaban J connectivity index is 1.76. The molecule has 1 atom stereocenters. The molecule has 2 rings (SSSR count). The van der Waals surface area contributed by atoms with Crippen molar-refractivity contribution in [1.82, 2.24) is 4.90 Å². The standard InChI is InChI=1S/C36H55ClN2O7/c1-7-8-9-10-11-12-13-14-15-16-17-18-19-20-24-44-32(41)27-21-22-28(37)29(26-27)38-45-25-23-39(34(43)35(2,3)4)30-31(40)36(5,6)46-33(30)42/h21-23,25-26,30,38H,7-20,24H2,1-6H3. The number of ketones is 1. The Morgan fingerprint density at radius 3 is 1.98 bits per heavy atom. The van der Waals surface area contributed by atoms with Gasteiger partial charge in [-0.15, -0.1) is 0 Å². The molecule has 9 nitrogen and oxygen atoms in total. The third-order valence-electron chi connectivity index (χ3n) is 7.97. The van der Waals surface area contributed by atoms with Gasteiger partial charge in [-0.3, -0.25) is 14.5 Å².